The van der Waals surface area contributed by atoms with E-state index in [1.807, 2.05) is 23.1 Å². The van der Waals surface area contributed by atoms with Crippen molar-refractivity contribution in [1.82, 2.24) is 0 Å². The summed E-state index contributed by atoms with van der Waals surface area (Å²) in [7, 11) is 0. The smallest absolute Gasteiger partial charge is 0.263 e. The van der Waals surface area contributed by atoms with Gasteiger partial charge in [-0.05, 0) is 56.5 Å². The number of fused-ring (bicyclic) bond motifs is 2. The highest BCUT2D eigenvalue weighted by Gasteiger charge is 2.24. The Hall–Kier alpha value is -2.04. The SMILES string of the molecule is CCCCCCCCCCCCCCCC(=Cc1sc2ccccc2[n+]1CC)C=C1Sc2ccccc2N1CC. The van der Waals surface area contributed by atoms with Crippen LogP contribution in [0.25, 0.3) is 16.3 Å². The summed E-state index contributed by atoms with van der Waals surface area (Å²) in [6.45, 7) is 8.83. The molecule has 0 atom stereocenters. The number of hydrogen-bond donors (Lipinski definition) is 0. The summed E-state index contributed by atoms with van der Waals surface area (Å²) >= 11 is 3.85. The van der Waals surface area contributed by atoms with Gasteiger partial charge in [0.15, 0.2) is 0 Å². The van der Waals surface area contributed by atoms with Gasteiger partial charge in [0.05, 0.1) is 10.7 Å². The largest absolute Gasteiger partial charge is 0.335 e. The third-order valence-electron chi connectivity index (χ3n) is 8.09. The molecular weight excluding hydrogens is 525 g/mol. The molecule has 0 aliphatic carbocycles. The predicted octanol–water partition coefficient (Wildman–Crippen LogP) is 11.5. The van der Waals surface area contributed by atoms with Gasteiger partial charge >= 0.3 is 0 Å². The molecule has 0 fully saturated rings. The second kappa shape index (κ2) is 17.0. The van der Waals surface area contributed by atoms with Crippen molar-refractivity contribution in [3.63, 3.8) is 0 Å². The first kappa shape index (κ1) is 30.9. The second-order valence-electron chi connectivity index (χ2n) is 11.2. The zero-order valence-corrected chi connectivity index (χ0v) is 26.9. The van der Waals surface area contributed by atoms with E-state index >= 15 is 0 Å². The highest BCUT2D eigenvalue weighted by molar-refractivity contribution is 8.03. The lowest BCUT2D eigenvalue weighted by Crippen LogP contribution is -2.33. The maximum absolute atomic E-state index is 2.49. The fraction of sp³-hybridized carbons (Fsp3) is 0.528. The third-order valence-corrected chi connectivity index (χ3v) is 10.3. The van der Waals surface area contributed by atoms with Crippen molar-refractivity contribution >= 4 is 45.1 Å². The fourth-order valence-electron chi connectivity index (χ4n) is 5.82. The lowest BCUT2D eigenvalue weighted by Gasteiger charge is -2.18. The van der Waals surface area contributed by atoms with Gasteiger partial charge in [-0.15, -0.1) is 0 Å². The maximum Gasteiger partial charge on any atom is 0.263 e. The molecule has 0 N–H and O–H groups in total. The summed E-state index contributed by atoms with van der Waals surface area (Å²) in [6.07, 6.45) is 24.3. The van der Waals surface area contributed by atoms with Crippen LogP contribution in [0.3, 0.4) is 0 Å². The van der Waals surface area contributed by atoms with E-state index in [1.54, 1.807) is 0 Å². The maximum atomic E-state index is 2.49. The average Bonchev–Trinajstić information content (AvgIpc) is 3.51. The van der Waals surface area contributed by atoms with Crippen LogP contribution in [-0.4, -0.2) is 6.54 Å². The molecule has 3 aromatic rings. The number of allylic oxidation sites excluding steroid dienone is 2. The number of aryl methyl sites for hydroxylation is 1. The molecular formula is C36H51N2S2+. The summed E-state index contributed by atoms with van der Waals surface area (Å²) in [5.74, 6) is 0. The van der Waals surface area contributed by atoms with E-state index in [0.29, 0.717) is 0 Å². The van der Waals surface area contributed by atoms with Crippen LogP contribution < -0.4 is 9.47 Å². The van der Waals surface area contributed by atoms with Crippen LogP contribution in [0, 0.1) is 0 Å². The van der Waals surface area contributed by atoms with Crippen molar-refractivity contribution in [1.29, 1.82) is 0 Å². The summed E-state index contributed by atoms with van der Waals surface area (Å²) in [5.41, 5.74) is 4.17. The van der Waals surface area contributed by atoms with Crippen molar-refractivity contribution in [3.8, 4) is 0 Å². The minimum atomic E-state index is 1.000. The third kappa shape index (κ3) is 8.73. The first-order valence-electron chi connectivity index (χ1n) is 16.1. The van der Waals surface area contributed by atoms with Gasteiger partial charge in [0.25, 0.3) is 5.01 Å². The first-order valence-corrected chi connectivity index (χ1v) is 17.8. The van der Waals surface area contributed by atoms with Crippen molar-refractivity contribution in [3.05, 3.63) is 70.2 Å². The topological polar surface area (TPSA) is 7.12 Å². The van der Waals surface area contributed by atoms with Crippen LogP contribution in [0.4, 0.5) is 5.69 Å². The van der Waals surface area contributed by atoms with Crippen LogP contribution in [0.2, 0.25) is 0 Å². The number of para-hydroxylation sites is 2. The quantitative estimate of drug-likeness (QED) is 0.110. The zero-order chi connectivity index (χ0) is 28.0. The van der Waals surface area contributed by atoms with Crippen molar-refractivity contribution in [2.24, 2.45) is 0 Å². The molecule has 1 aliphatic heterocycles. The first-order chi connectivity index (χ1) is 19.7. The summed E-state index contributed by atoms with van der Waals surface area (Å²) in [6, 6.07) is 17.7. The molecule has 216 valence electrons. The summed E-state index contributed by atoms with van der Waals surface area (Å²) in [4.78, 5) is 3.86. The molecule has 2 heterocycles. The van der Waals surface area contributed by atoms with Crippen LogP contribution in [0.15, 0.2) is 70.1 Å². The van der Waals surface area contributed by atoms with Crippen LogP contribution >= 0.6 is 23.1 Å². The van der Waals surface area contributed by atoms with E-state index in [0.717, 1.165) is 19.5 Å². The molecule has 1 aromatic heterocycles. The van der Waals surface area contributed by atoms with E-state index < -0.39 is 0 Å². The molecule has 4 rings (SSSR count). The monoisotopic (exact) mass is 575 g/mol. The number of nitrogens with zero attached hydrogens (tertiary/aromatic N) is 2. The lowest BCUT2D eigenvalue weighted by molar-refractivity contribution is -0.665. The molecule has 2 nitrogen and oxygen atoms in total. The molecule has 1 aliphatic rings. The van der Waals surface area contributed by atoms with E-state index in [4.69, 9.17) is 0 Å². The number of aromatic nitrogens is 1. The number of rotatable bonds is 18. The van der Waals surface area contributed by atoms with Crippen LogP contribution in [-0.2, 0) is 6.54 Å². The van der Waals surface area contributed by atoms with Crippen molar-refractivity contribution in [2.75, 3.05) is 11.4 Å². The molecule has 0 saturated carbocycles. The van der Waals surface area contributed by atoms with Crippen LogP contribution in [0.1, 0.15) is 116 Å². The normalized spacial score (nSPS) is 14.5. The van der Waals surface area contributed by atoms with Gasteiger partial charge in [0, 0.05) is 23.6 Å². The average molecular weight is 576 g/mol. The number of unbranched alkanes of at least 4 members (excludes halogenated alkanes) is 12. The molecule has 40 heavy (non-hydrogen) atoms. The Kier molecular flexibility index (Phi) is 13.2. The van der Waals surface area contributed by atoms with Crippen LogP contribution in [0.5, 0.6) is 0 Å². The molecule has 0 radical (unpaired) electrons. The molecule has 0 amide bonds. The minimum Gasteiger partial charge on any atom is -0.335 e. The molecule has 4 heteroatoms. The van der Waals surface area contributed by atoms with Gasteiger partial charge in [-0.2, -0.15) is 4.57 Å². The fourth-order valence-corrected chi connectivity index (χ4v) is 8.23. The summed E-state index contributed by atoms with van der Waals surface area (Å²) < 4.78 is 3.86. The molecule has 2 aromatic carbocycles. The summed E-state index contributed by atoms with van der Waals surface area (Å²) in [5, 5.41) is 2.74. The molecule has 0 unspecified atom stereocenters. The Morgan fingerprint density at radius 1 is 0.750 bits per heavy atom. The van der Waals surface area contributed by atoms with E-state index in [-0.39, 0.29) is 0 Å². The van der Waals surface area contributed by atoms with Crippen molar-refractivity contribution < 1.29 is 4.57 Å². The minimum absolute atomic E-state index is 1.000. The van der Waals surface area contributed by atoms with E-state index in [9.17, 15) is 0 Å². The number of anilines is 1. The van der Waals surface area contributed by atoms with Gasteiger partial charge in [0.2, 0.25) is 5.52 Å². The van der Waals surface area contributed by atoms with Crippen molar-refractivity contribution in [2.45, 2.75) is 122 Å². The number of thiazole rings is 1. The van der Waals surface area contributed by atoms with Gasteiger partial charge in [-0.25, -0.2) is 0 Å². The van der Waals surface area contributed by atoms with Gasteiger partial charge in [-0.1, -0.05) is 131 Å². The Balaban J connectivity index is 1.36. The Morgan fingerprint density at radius 2 is 1.38 bits per heavy atom. The standard InChI is InChI=1S/C36H51N2S2/c1-4-7-8-9-10-11-12-13-14-15-16-17-18-23-30(28-35-37(5-2)31-24-19-21-26-33(31)39-35)29-36-38(6-3)32-25-20-22-27-34(32)40-36/h19-22,24-29H,4-18,23H2,1-3H3/q+1. The molecule has 0 saturated heterocycles. The lowest BCUT2D eigenvalue weighted by atomic mass is 10.0. The highest BCUT2D eigenvalue weighted by atomic mass is 32.2. The number of benzene rings is 2. The Labute approximate surface area is 252 Å². The van der Waals surface area contributed by atoms with E-state index in [2.05, 4.69) is 90.9 Å². The number of thioether (sulfide) groups is 1. The zero-order valence-electron chi connectivity index (χ0n) is 25.3. The Bertz CT molecular complexity index is 1240. The Morgan fingerprint density at radius 3 is 2.05 bits per heavy atom. The predicted molar refractivity (Wildman–Crippen MR) is 179 cm³/mol. The molecule has 0 bridgehead atoms. The van der Waals surface area contributed by atoms with E-state index in [1.165, 1.54) is 120 Å². The number of hydrogen-bond acceptors (Lipinski definition) is 3. The second-order valence-corrected chi connectivity index (χ2v) is 13.3. The van der Waals surface area contributed by atoms with Gasteiger partial charge < -0.3 is 4.90 Å². The molecule has 0 spiro atoms. The highest BCUT2D eigenvalue weighted by Crippen LogP contribution is 2.46. The van der Waals surface area contributed by atoms with Gasteiger partial charge in [0.1, 0.15) is 11.2 Å². The van der Waals surface area contributed by atoms with Gasteiger partial charge in [-0.3, -0.25) is 0 Å².